The zero-order chi connectivity index (χ0) is 21.6. The second-order valence-electron chi connectivity index (χ2n) is 8.53. The molecule has 2 aliphatic rings. The average molecular weight is 543 g/mol. The van der Waals surface area contributed by atoms with Crippen LogP contribution in [0.15, 0.2) is 29.3 Å². The first-order valence-corrected chi connectivity index (χ1v) is 11.1. The molecule has 1 amide bonds. The van der Waals surface area contributed by atoms with Gasteiger partial charge >= 0.3 is 0 Å². The highest BCUT2D eigenvalue weighted by molar-refractivity contribution is 14.0. The molecule has 0 radical (unpaired) electrons. The number of aliphatic imine (C=N–C) groups is 1. The molecular weight excluding hydrogens is 505 g/mol. The molecule has 1 aromatic carbocycles. The van der Waals surface area contributed by atoms with Gasteiger partial charge < -0.3 is 24.8 Å². The number of nitrogens with zero attached hydrogens (tertiary/aromatic N) is 4. The number of amides is 1. The molecule has 1 aliphatic carbocycles. The van der Waals surface area contributed by atoms with Crippen molar-refractivity contribution in [1.82, 2.24) is 15.1 Å². The lowest BCUT2D eigenvalue weighted by Gasteiger charge is -2.38. The summed E-state index contributed by atoms with van der Waals surface area (Å²) in [5, 5.41) is 3.45. The van der Waals surface area contributed by atoms with Crippen molar-refractivity contribution in [1.29, 1.82) is 0 Å². The molecule has 2 fully saturated rings. The van der Waals surface area contributed by atoms with Crippen molar-refractivity contribution in [2.24, 2.45) is 10.4 Å². The van der Waals surface area contributed by atoms with Gasteiger partial charge in [-0.05, 0) is 31.9 Å². The molecule has 174 valence electrons. The highest BCUT2D eigenvalue weighted by Gasteiger charge is 2.42. The maximum atomic E-state index is 12.9. The number of methoxy groups -OCH3 is 1. The van der Waals surface area contributed by atoms with Crippen LogP contribution >= 0.6 is 24.0 Å². The number of nitrogens with one attached hydrogen (secondary N) is 1. The maximum absolute atomic E-state index is 12.9. The monoisotopic (exact) mass is 543 g/mol. The smallest absolute Gasteiger partial charge is 0.230 e. The van der Waals surface area contributed by atoms with Crippen molar-refractivity contribution >= 4 is 41.5 Å². The Kier molecular flexibility index (Phi) is 9.71. The molecule has 0 unspecified atom stereocenters. The first-order chi connectivity index (χ1) is 14.5. The van der Waals surface area contributed by atoms with Crippen LogP contribution in [0.1, 0.15) is 32.6 Å². The Morgan fingerprint density at radius 1 is 1.19 bits per heavy atom. The molecule has 1 saturated carbocycles. The van der Waals surface area contributed by atoms with Gasteiger partial charge in [0.15, 0.2) is 5.96 Å². The Labute approximate surface area is 204 Å². The first kappa shape index (κ1) is 25.5. The number of piperazine rings is 1. The summed E-state index contributed by atoms with van der Waals surface area (Å²) in [6, 6.07) is 8.23. The minimum absolute atomic E-state index is 0. The SMILES string of the molecule is CCNC(=NCC1(C(=O)N(C)C)CCCC1)N1CCN(c2cccc(OC)c2)CC1.I. The summed E-state index contributed by atoms with van der Waals surface area (Å²) in [6.07, 6.45) is 4.11. The van der Waals surface area contributed by atoms with Crippen LogP contribution in [-0.4, -0.2) is 82.1 Å². The zero-order valence-corrected chi connectivity index (χ0v) is 21.7. The molecule has 0 aromatic heterocycles. The molecule has 1 aromatic rings. The summed E-state index contributed by atoms with van der Waals surface area (Å²) < 4.78 is 5.37. The molecular formula is C23H38IN5O2. The summed E-state index contributed by atoms with van der Waals surface area (Å²) in [5.41, 5.74) is 0.865. The Balaban J connectivity index is 0.00000341. The number of rotatable bonds is 6. The number of anilines is 1. The van der Waals surface area contributed by atoms with E-state index in [1.165, 1.54) is 5.69 Å². The molecule has 1 heterocycles. The molecule has 0 atom stereocenters. The number of hydrogen-bond donors (Lipinski definition) is 1. The van der Waals surface area contributed by atoms with Gasteiger partial charge in [-0.15, -0.1) is 24.0 Å². The van der Waals surface area contributed by atoms with E-state index in [0.29, 0.717) is 6.54 Å². The summed E-state index contributed by atoms with van der Waals surface area (Å²) in [4.78, 5) is 24.3. The zero-order valence-electron chi connectivity index (χ0n) is 19.4. The summed E-state index contributed by atoms with van der Waals surface area (Å²) in [6.45, 7) is 7.15. The number of benzene rings is 1. The van der Waals surface area contributed by atoms with E-state index in [-0.39, 0.29) is 35.3 Å². The number of carbonyl (C=O) groups excluding carboxylic acids is 1. The van der Waals surface area contributed by atoms with Crippen LogP contribution in [0.25, 0.3) is 0 Å². The van der Waals surface area contributed by atoms with Gasteiger partial charge in [0.1, 0.15) is 5.75 Å². The Bertz CT molecular complexity index is 741. The van der Waals surface area contributed by atoms with Crippen molar-refractivity contribution in [2.75, 3.05) is 65.4 Å². The van der Waals surface area contributed by atoms with Crippen LogP contribution < -0.4 is 15.0 Å². The quantitative estimate of drug-likeness (QED) is 0.340. The van der Waals surface area contributed by atoms with Crippen LogP contribution in [0, 0.1) is 5.41 Å². The fourth-order valence-electron chi connectivity index (χ4n) is 4.60. The first-order valence-electron chi connectivity index (χ1n) is 11.1. The fraction of sp³-hybridized carbons (Fsp3) is 0.652. The van der Waals surface area contributed by atoms with Crippen molar-refractivity contribution in [3.63, 3.8) is 0 Å². The normalized spacial score (nSPS) is 18.4. The maximum Gasteiger partial charge on any atom is 0.230 e. The lowest BCUT2D eigenvalue weighted by Crippen LogP contribution is -2.53. The molecule has 1 saturated heterocycles. The van der Waals surface area contributed by atoms with E-state index in [0.717, 1.165) is 70.1 Å². The third-order valence-corrected chi connectivity index (χ3v) is 6.28. The molecule has 0 spiro atoms. The second-order valence-corrected chi connectivity index (χ2v) is 8.53. The number of carbonyl (C=O) groups is 1. The molecule has 31 heavy (non-hydrogen) atoms. The van der Waals surface area contributed by atoms with Gasteiger partial charge in [-0.2, -0.15) is 0 Å². The number of ether oxygens (including phenoxy) is 1. The number of halogens is 1. The minimum Gasteiger partial charge on any atom is -0.497 e. The Morgan fingerprint density at radius 2 is 1.87 bits per heavy atom. The van der Waals surface area contributed by atoms with Gasteiger partial charge in [0.05, 0.1) is 19.1 Å². The predicted molar refractivity (Wildman–Crippen MR) is 138 cm³/mol. The Hall–Kier alpha value is -1.71. The van der Waals surface area contributed by atoms with Crippen LogP contribution in [0.3, 0.4) is 0 Å². The number of hydrogen-bond acceptors (Lipinski definition) is 4. The molecule has 1 aliphatic heterocycles. The van der Waals surface area contributed by atoms with E-state index < -0.39 is 0 Å². The van der Waals surface area contributed by atoms with E-state index >= 15 is 0 Å². The van der Waals surface area contributed by atoms with Crippen LogP contribution in [-0.2, 0) is 4.79 Å². The molecule has 1 N–H and O–H groups in total. The van der Waals surface area contributed by atoms with Gasteiger partial charge in [-0.25, -0.2) is 0 Å². The summed E-state index contributed by atoms with van der Waals surface area (Å²) in [7, 11) is 5.42. The van der Waals surface area contributed by atoms with E-state index in [1.54, 1.807) is 12.0 Å². The third kappa shape index (κ3) is 6.17. The van der Waals surface area contributed by atoms with E-state index in [1.807, 2.05) is 26.2 Å². The van der Waals surface area contributed by atoms with Gasteiger partial charge in [0.2, 0.25) is 5.91 Å². The third-order valence-electron chi connectivity index (χ3n) is 6.28. The summed E-state index contributed by atoms with van der Waals surface area (Å²) >= 11 is 0. The van der Waals surface area contributed by atoms with Crippen LogP contribution in [0.4, 0.5) is 5.69 Å². The molecule has 3 rings (SSSR count). The van der Waals surface area contributed by atoms with Crippen molar-refractivity contribution < 1.29 is 9.53 Å². The average Bonchev–Trinajstić information content (AvgIpc) is 3.26. The topological polar surface area (TPSA) is 60.4 Å². The highest BCUT2D eigenvalue weighted by atomic mass is 127. The van der Waals surface area contributed by atoms with Gasteiger partial charge in [0.25, 0.3) is 0 Å². The predicted octanol–water partition coefficient (Wildman–Crippen LogP) is 3.05. The summed E-state index contributed by atoms with van der Waals surface area (Å²) in [5.74, 6) is 2.04. The number of guanidine groups is 1. The lowest BCUT2D eigenvalue weighted by atomic mass is 9.85. The van der Waals surface area contributed by atoms with Crippen LogP contribution in [0.2, 0.25) is 0 Å². The standard InChI is InChI=1S/C23H37N5O2.HI/c1-5-24-22(25-18-23(11-6-7-12-23)21(29)26(2)3)28-15-13-27(14-16-28)19-9-8-10-20(17-19)30-4;/h8-10,17H,5-7,11-16,18H2,1-4H3,(H,24,25);1H. The van der Waals surface area contributed by atoms with Crippen molar-refractivity contribution in [3.8, 4) is 5.75 Å². The van der Waals surface area contributed by atoms with Crippen molar-refractivity contribution in [3.05, 3.63) is 24.3 Å². The van der Waals surface area contributed by atoms with E-state index in [2.05, 4.69) is 34.2 Å². The largest absolute Gasteiger partial charge is 0.497 e. The van der Waals surface area contributed by atoms with E-state index in [9.17, 15) is 4.79 Å². The van der Waals surface area contributed by atoms with Crippen molar-refractivity contribution in [2.45, 2.75) is 32.6 Å². The lowest BCUT2D eigenvalue weighted by molar-refractivity contribution is -0.138. The van der Waals surface area contributed by atoms with Gasteiger partial charge in [-0.1, -0.05) is 18.9 Å². The molecule has 7 nitrogen and oxygen atoms in total. The fourth-order valence-corrected chi connectivity index (χ4v) is 4.60. The van der Waals surface area contributed by atoms with E-state index in [4.69, 9.17) is 9.73 Å². The molecule has 8 heteroatoms. The highest BCUT2D eigenvalue weighted by Crippen LogP contribution is 2.39. The second kappa shape index (κ2) is 11.8. The Morgan fingerprint density at radius 3 is 2.45 bits per heavy atom. The van der Waals surface area contributed by atoms with Gasteiger partial charge in [0, 0.05) is 58.6 Å². The molecule has 0 bridgehead atoms. The minimum atomic E-state index is -0.327. The van der Waals surface area contributed by atoms with Crippen LogP contribution in [0.5, 0.6) is 5.75 Å². The van der Waals surface area contributed by atoms with Gasteiger partial charge in [-0.3, -0.25) is 9.79 Å².